The number of aromatic nitrogens is 2. The molecule has 1 aliphatic carbocycles. The molecule has 0 spiro atoms. The normalized spacial score (nSPS) is 18.1. The number of allylic oxidation sites excluding steroid dienone is 1. The summed E-state index contributed by atoms with van der Waals surface area (Å²) in [7, 11) is 0. The first-order chi connectivity index (χ1) is 15.4. The number of hydrogen-bond acceptors (Lipinski definition) is 5. The molecule has 4 rings (SSSR count). The number of halogens is 3. The summed E-state index contributed by atoms with van der Waals surface area (Å²) in [4.78, 5) is 36.8. The van der Waals surface area contributed by atoms with E-state index in [9.17, 15) is 18.4 Å². The Bertz CT molecular complexity index is 1060. The summed E-state index contributed by atoms with van der Waals surface area (Å²) in [6.07, 6.45) is 1.91. The summed E-state index contributed by atoms with van der Waals surface area (Å²) in [5.41, 5.74) is 1.13. The molecule has 1 N–H and O–H groups in total. The molecule has 1 saturated heterocycles. The first-order valence-electron chi connectivity index (χ1n) is 10.7. The molecule has 0 bridgehead atoms. The number of carbonyl (C=O) groups excluding carboxylic acids is 2. The minimum absolute atomic E-state index is 0.0697. The van der Waals surface area contributed by atoms with Crippen LogP contribution < -0.4 is 10.2 Å². The summed E-state index contributed by atoms with van der Waals surface area (Å²) in [5, 5.41) is 3.81. The molecule has 0 atom stereocenters. The molecule has 1 aromatic heterocycles. The average molecular weight is 464 g/mol. The molecular formula is C22H24ClF2N5O2. The van der Waals surface area contributed by atoms with Crippen molar-refractivity contribution in [3.63, 3.8) is 0 Å². The average Bonchev–Trinajstić information content (AvgIpc) is 3.31. The van der Waals surface area contributed by atoms with Gasteiger partial charge in [0, 0.05) is 55.1 Å². The Morgan fingerprint density at radius 1 is 1.12 bits per heavy atom. The molecule has 1 fully saturated rings. The van der Waals surface area contributed by atoms with Crippen LogP contribution in [0.5, 0.6) is 0 Å². The van der Waals surface area contributed by atoms with Crippen LogP contribution in [-0.2, 0) is 9.59 Å². The predicted octanol–water partition coefficient (Wildman–Crippen LogP) is 3.49. The van der Waals surface area contributed by atoms with Crippen LogP contribution in [0, 0.1) is 0 Å². The largest absolute Gasteiger partial charge is 0.354 e. The molecule has 0 saturated carbocycles. The molecule has 2 aliphatic rings. The number of benzene rings is 1. The minimum atomic E-state index is -2.83. The third-order valence-corrected chi connectivity index (χ3v) is 5.94. The van der Waals surface area contributed by atoms with Gasteiger partial charge < -0.3 is 15.1 Å². The minimum Gasteiger partial charge on any atom is -0.354 e. The van der Waals surface area contributed by atoms with Gasteiger partial charge in [0.15, 0.2) is 5.82 Å². The van der Waals surface area contributed by atoms with Crippen molar-refractivity contribution < 1.29 is 18.4 Å². The van der Waals surface area contributed by atoms with Gasteiger partial charge in [-0.25, -0.2) is 18.7 Å². The van der Waals surface area contributed by atoms with E-state index in [1.807, 2.05) is 6.08 Å². The van der Waals surface area contributed by atoms with E-state index < -0.39 is 12.2 Å². The van der Waals surface area contributed by atoms with Crippen molar-refractivity contribution in [3.05, 3.63) is 40.7 Å². The molecule has 1 aromatic carbocycles. The SMILES string of the molecule is O=C1CCN(C(=O)C2=CCCC2)CCN(c2nc(C(F)F)nc3ccc(Cl)cc23)CCN1. The van der Waals surface area contributed by atoms with Crippen molar-refractivity contribution in [2.24, 2.45) is 0 Å². The monoisotopic (exact) mass is 463 g/mol. The highest BCUT2D eigenvalue weighted by molar-refractivity contribution is 6.31. The van der Waals surface area contributed by atoms with Crippen LogP contribution in [-0.4, -0.2) is 59.4 Å². The van der Waals surface area contributed by atoms with E-state index >= 15 is 0 Å². The smallest absolute Gasteiger partial charge is 0.297 e. The molecule has 170 valence electrons. The van der Waals surface area contributed by atoms with Gasteiger partial charge in [-0.3, -0.25) is 9.59 Å². The van der Waals surface area contributed by atoms with E-state index in [0.717, 1.165) is 24.8 Å². The van der Waals surface area contributed by atoms with Gasteiger partial charge >= 0.3 is 0 Å². The summed E-state index contributed by atoms with van der Waals surface area (Å²) >= 11 is 6.16. The molecule has 32 heavy (non-hydrogen) atoms. The van der Waals surface area contributed by atoms with Gasteiger partial charge in [-0.2, -0.15) is 0 Å². The fourth-order valence-electron chi connectivity index (χ4n) is 4.04. The number of hydrogen-bond donors (Lipinski definition) is 1. The van der Waals surface area contributed by atoms with Gasteiger partial charge in [-0.1, -0.05) is 17.7 Å². The van der Waals surface area contributed by atoms with Crippen LogP contribution in [0.25, 0.3) is 10.9 Å². The highest BCUT2D eigenvalue weighted by atomic mass is 35.5. The molecule has 10 heteroatoms. The number of nitrogens with zero attached hydrogens (tertiary/aromatic N) is 4. The van der Waals surface area contributed by atoms with E-state index in [0.29, 0.717) is 54.5 Å². The van der Waals surface area contributed by atoms with Gasteiger partial charge in [0.1, 0.15) is 5.82 Å². The summed E-state index contributed by atoms with van der Waals surface area (Å²) in [6, 6.07) is 4.82. The summed E-state index contributed by atoms with van der Waals surface area (Å²) in [5.74, 6) is -0.483. The quantitative estimate of drug-likeness (QED) is 0.754. The number of alkyl halides is 2. The Balaban J connectivity index is 1.68. The van der Waals surface area contributed by atoms with Crippen LogP contribution in [0.15, 0.2) is 29.8 Å². The molecule has 0 unspecified atom stereocenters. The van der Waals surface area contributed by atoms with Crippen LogP contribution in [0.4, 0.5) is 14.6 Å². The van der Waals surface area contributed by atoms with E-state index in [1.165, 1.54) is 0 Å². The van der Waals surface area contributed by atoms with Gasteiger partial charge in [0.2, 0.25) is 11.8 Å². The van der Waals surface area contributed by atoms with Crippen LogP contribution >= 0.6 is 11.6 Å². The zero-order valence-electron chi connectivity index (χ0n) is 17.5. The zero-order valence-corrected chi connectivity index (χ0v) is 18.2. The summed E-state index contributed by atoms with van der Waals surface area (Å²) < 4.78 is 27.0. The molecule has 0 radical (unpaired) electrons. The third kappa shape index (κ3) is 4.98. The third-order valence-electron chi connectivity index (χ3n) is 5.71. The maximum absolute atomic E-state index is 13.5. The van der Waals surface area contributed by atoms with Gasteiger partial charge in [0.25, 0.3) is 6.43 Å². The van der Waals surface area contributed by atoms with Crippen molar-refractivity contribution in [2.75, 3.05) is 37.6 Å². The number of nitrogens with one attached hydrogen (secondary N) is 1. The Labute approximate surface area is 189 Å². The molecule has 2 amide bonds. The molecule has 2 aromatic rings. The van der Waals surface area contributed by atoms with Crippen molar-refractivity contribution in [3.8, 4) is 0 Å². The van der Waals surface area contributed by atoms with Crippen LogP contribution in [0.3, 0.4) is 0 Å². The molecule has 2 heterocycles. The number of rotatable bonds is 3. The Hall–Kier alpha value is -2.81. The zero-order chi connectivity index (χ0) is 22.7. The lowest BCUT2D eigenvalue weighted by Gasteiger charge is -2.31. The Morgan fingerprint density at radius 2 is 1.97 bits per heavy atom. The van der Waals surface area contributed by atoms with Crippen molar-refractivity contribution in [1.29, 1.82) is 0 Å². The van der Waals surface area contributed by atoms with Crippen molar-refractivity contribution in [2.45, 2.75) is 32.1 Å². The predicted molar refractivity (Wildman–Crippen MR) is 118 cm³/mol. The molecular weight excluding hydrogens is 440 g/mol. The first kappa shape index (κ1) is 22.4. The second-order valence-corrected chi connectivity index (χ2v) is 8.30. The van der Waals surface area contributed by atoms with Gasteiger partial charge in [-0.15, -0.1) is 0 Å². The van der Waals surface area contributed by atoms with E-state index in [1.54, 1.807) is 28.0 Å². The second-order valence-electron chi connectivity index (χ2n) is 7.87. The standard InChI is InChI=1S/C22H24ClF2N5O2/c23-15-5-6-17-16(13-15)21(28-20(27-17)19(24)25)29-10-8-26-18(31)7-9-30(12-11-29)22(32)14-3-1-2-4-14/h3,5-6,13,19H,1-2,4,7-12H2,(H,26,31). The van der Waals surface area contributed by atoms with Crippen molar-refractivity contribution in [1.82, 2.24) is 20.2 Å². The fourth-order valence-corrected chi connectivity index (χ4v) is 4.22. The first-order valence-corrected chi connectivity index (χ1v) is 11.1. The summed E-state index contributed by atoms with van der Waals surface area (Å²) in [6.45, 7) is 1.69. The van der Waals surface area contributed by atoms with Gasteiger partial charge in [0.05, 0.1) is 5.52 Å². The molecule has 1 aliphatic heterocycles. The van der Waals surface area contributed by atoms with E-state index in [2.05, 4.69) is 15.3 Å². The Morgan fingerprint density at radius 3 is 2.72 bits per heavy atom. The van der Waals surface area contributed by atoms with Crippen LogP contribution in [0.2, 0.25) is 5.02 Å². The highest BCUT2D eigenvalue weighted by Crippen LogP contribution is 2.29. The maximum atomic E-state index is 13.5. The number of carbonyl (C=O) groups is 2. The van der Waals surface area contributed by atoms with E-state index in [-0.39, 0.29) is 18.2 Å². The van der Waals surface area contributed by atoms with Crippen molar-refractivity contribution >= 4 is 40.1 Å². The number of fused-ring (bicyclic) bond motifs is 1. The second kappa shape index (κ2) is 9.77. The highest BCUT2D eigenvalue weighted by Gasteiger charge is 2.25. The van der Waals surface area contributed by atoms with Crippen LogP contribution in [0.1, 0.15) is 37.9 Å². The van der Waals surface area contributed by atoms with Gasteiger partial charge in [-0.05, 0) is 37.5 Å². The lowest BCUT2D eigenvalue weighted by molar-refractivity contribution is -0.128. The lowest BCUT2D eigenvalue weighted by Crippen LogP contribution is -2.45. The number of anilines is 1. The number of amides is 2. The van der Waals surface area contributed by atoms with E-state index in [4.69, 9.17) is 11.6 Å². The lowest BCUT2D eigenvalue weighted by atomic mass is 10.2. The topological polar surface area (TPSA) is 78.4 Å². The Kier molecular flexibility index (Phi) is 6.83. The molecule has 7 nitrogen and oxygen atoms in total. The maximum Gasteiger partial charge on any atom is 0.297 e. The fraction of sp³-hybridized carbons (Fsp3) is 0.455.